The Balaban J connectivity index is 1.59. The van der Waals surface area contributed by atoms with Crippen LogP contribution in [0.2, 0.25) is 5.02 Å². The van der Waals surface area contributed by atoms with E-state index in [9.17, 15) is 14.4 Å². The number of carbonyl (C=O) groups excluding carboxylic acids is 3. The van der Waals surface area contributed by atoms with Crippen molar-refractivity contribution in [1.29, 1.82) is 0 Å². The Bertz CT molecular complexity index is 826. The number of nitrogens with zero attached hydrogens (tertiary/aromatic N) is 1. The molecule has 0 aromatic heterocycles. The Morgan fingerprint density at radius 2 is 1.92 bits per heavy atom. The van der Waals surface area contributed by atoms with E-state index in [1.165, 1.54) is 0 Å². The Hall–Kier alpha value is -3.06. The molecule has 1 saturated heterocycles. The van der Waals surface area contributed by atoms with E-state index in [1.54, 1.807) is 12.1 Å². The van der Waals surface area contributed by atoms with Gasteiger partial charge in [0, 0.05) is 0 Å². The molecule has 2 N–H and O–H groups in total. The zero-order valence-corrected chi connectivity index (χ0v) is 13.7. The highest BCUT2D eigenvalue weighted by Crippen LogP contribution is 2.30. The maximum absolute atomic E-state index is 11.8. The van der Waals surface area contributed by atoms with E-state index in [4.69, 9.17) is 16.3 Å². The minimum atomic E-state index is -0.677. The molecule has 0 aliphatic carbocycles. The van der Waals surface area contributed by atoms with Crippen LogP contribution in [-0.2, 0) is 9.59 Å². The molecule has 0 unspecified atom stereocenters. The van der Waals surface area contributed by atoms with Gasteiger partial charge in [0.1, 0.15) is 12.3 Å². The maximum Gasteiger partial charge on any atom is 0.343 e. The zero-order valence-electron chi connectivity index (χ0n) is 13.0. The molecule has 1 aliphatic rings. The molecule has 0 spiro atoms. The van der Waals surface area contributed by atoms with Gasteiger partial charge in [-0.15, -0.1) is 0 Å². The van der Waals surface area contributed by atoms with Crippen LogP contribution >= 0.6 is 11.6 Å². The summed E-state index contributed by atoms with van der Waals surface area (Å²) in [6, 6.07) is 14.3. The summed E-state index contributed by atoms with van der Waals surface area (Å²) in [5, 5.41) is 3.30. The van der Waals surface area contributed by atoms with Crippen molar-refractivity contribution in [2.45, 2.75) is 0 Å². The standard InChI is InChI=1S/C17H14ClN3O4/c18-13-8-12(11-4-2-1-3-5-11)6-7-14(13)25-10-16(23)20-21-9-15(22)19-17(21)24/h1-8H,9-10H2,(H,20,23)(H,19,22,24). The molecule has 1 heterocycles. The van der Waals surface area contributed by atoms with Crippen molar-refractivity contribution in [2.75, 3.05) is 13.2 Å². The van der Waals surface area contributed by atoms with Crippen molar-refractivity contribution in [3.8, 4) is 16.9 Å². The first kappa shape index (κ1) is 16.8. The van der Waals surface area contributed by atoms with E-state index in [0.29, 0.717) is 10.8 Å². The number of carbonyl (C=O) groups is 3. The number of amides is 4. The molecule has 128 valence electrons. The number of hydrogen-bond acceptors (Lipinski definition) is 4. The SMILES string of the molecule is O=C1CN(NC(=O)COc2ccc(-c3ccccc3)cc2Cl)C(=O)N1. The summed E-state index contributed by atoms with van der Waals surface area (Å²) >= 11 is 6.20. The molecule has 7 nitrogen and oxygen atoms in total. The van der Waals surface area contributed by atoms with Gasteiger partial charge in [0.25, 0.3) is 5.91 Å². The van der Waals surface area contributed by atoms with Crippen LogP contribution in [-0.4, -0.2) is 36.0 Å². The van der Waals surface area contributed by atoms with Crippen molar-refractivity contribution in [3.05, 3.63) is 53.6 Å². The second-order valence-corrected chi connectivity index (χ2v) is 5.68. The third kappa shape index (κ3) is 4.07. The smallest absolute Gasteiger partial charge is 0.343 e. The Labute approximate surface area is 148 Å². The number of halogens is 1. The van der Waals surface area contributed by atoms with Crippen molar-refractivity contribution < 1.29 is 19.1 Å². The average Bonchev–Trinajstić information content (AvgIpc) is 2.91. The van der Waals surface area contributed by atoms with Crippen molar-refractivity contribution in [3.63, 3.8) is 0 Å². The quantitative estimate of drug-likeness (QED) is 0.799. The summed E-state index contributed by atoms with van der Waals surface area (Å²) in [5.41, 5.74) is 4.22. The molecule has 0 saturated carbocycles. The van der Waals surface area contributed by atoms with Gasteiger partial charge >= 0.3 is 6.03 Å². The maximum atomic E-state index is 11.8. The van der Waals surface area contributed by atoms with Crippen LogP contribution in [0.1, 0.15) is 0 Å². The predicted octanol–water partition coefficient (Wildman–Crippen LogP) is 1.97. The fourth-order valence-corrected chi connectivity index (χ4v) is 2.52. The van der Waals surface area contributed by atoms with Crippen LogP contribution in [0.3, 0.4) is 0 Å². The average molecular weight is 360 g/mol. The molecule has 3 rings (SSSR count). The number of imide groups is 1. The highest BCUT2D eigenvalue weighted by Gasteiger charge is 2.28. The van der Waals surface area contributed by atoms with E-state index >= 15 is 0 Å². The number of urea groups is 1. The lowest BCUT2D eigenvalue weighted by molar-refractivity contribution is -0.127. The van der Waals surface area contributed by atoms with Crippen LogP contribution in [0.4, 0.5) is 4.79 Å². The van der Waals surface area contributed by atoms with Crippen molar-refractivity contribution in [1.82, 2.24) is 15.8 Å². The molecule has 0 atom stereocenters. The first-order valence-electron chi connectivity index (χ1n) is 7.41. The summed E-state index contributed by atoms with van der Waals surface area (Å²) in [4.78, 5) is 34.2. The number of rotatable bonds is 5. The topological polar surface area (TPSA) is 87.7 Å². The zero-order chi connectivity index (χ0) is 17.8. The van der Waals surface area contributed by atoms with E-state index in [2.05, 4.69) is 5.43 Å². The lowest BCUT2D eigenvalue weighted by Crippen LogP contribution is -2.46. The number of benzene rings is 2. The monoisotopic (exact) mass is 359 g/mol. The van der Waals surface area contributed by atoms with Crippen molar-refractivity contribution >= 4 is 29.4 Å². The fraction of sp³-hybridized carbons (Fsp3) is 0.118. The van der Waals surface area contributed by atoms with Crippen LogP contribution in [0, 0.1) is 0 Å². The van der Waals surface area contributed by atoms with E-state index in [-0.39, 0.29) is 13.2 Å². The normalized spacial score (nSPS) is 13.6. The van der Waals surface area contributed by atoms with E-state index in [1.807, 2.05) is 41.7 Å². The Morgan fingerprint density at radius 1 is 1.16 bits per heavy atom. The van der Waals surface area contributed by atoms with Gasteiger partial charge in [-0.25, -0.2) is 9.80 Å². The molecule has 25 heavy (non-hydrogen) atoms. The van der Waals surface area contributed by atoms with Gasteiger partial charge in [-0.2, -0.15) is 0 Å². The van der Waals surface area contributed by atoms with E-state index in [0.717, 1.165) is 16.1 Å². The van der Waals surface area contributed by atoms with Gasteiger partial charge in [-0.05, 0) is 23.3 Å². The Morgan fingerprint density at radius 3 is 2.56 bits per heavy atom. The third-order valence-corrected chi connectivity index (χ3v) is 3.75. The Kier molecular flexibility index (Phi) is 4.85. The first-order valence-corrected chi connectivity index (χ1v) is 7.79. The molecule has 2 aromatic carbocycles. The summed E-state index contributed by atoms with van der Waals surface area (Å²) in [7, 11) is 0. The second kappa shape index (κ2) is 7.23. The molecular weight excluding hydrogens is 346 g/mol. The summed E-state index contributed by atoms with van der Waals surface area (Å²) in [6.07, 6.45) is 0. The van der Waals surface area contributed by atoms with Gasteiger partial charge in [0.15, 0.2) is 6.61 Å². The number of hydrazine groups is 1. The first-order chi connectivity index (χ1) is 12.0. The van der Waals surface area contributed by atoms with Crippen LogP contribution < -0.4 is 15.5 Å². The highest BCUT2D eigenvalue weighted by atomic mass is 35.5. The molecule has 8 heteroatoms. The third-order valence-electron chi connectivity index (χ3n) is 3.45. The van der Waals surface area contributed by atoms with E-state index < -0.39 is 17.8 Å². The molecule has 0 bridgehead atoms. The minimum Gasteiger partial charge on any atom is -0.482 e. The largest absolute Gasteiger partial charge is 0.482 e. The second-order valence-electron chi connectivity index (χ2n) is 5.27. The molecule has 1 aliphatic heterocycles. The van der Waals surface area contributed by atoms with Gasteiger partial charge < -0.3 is 4.74 Å². The van der Waals surface area contributed by atoms with Crippen molar-refractivity contribution in [2.24, 2.45) is 0 Å². The van der Waals surface area contributed by atoms with Gasteiger partial charge in [0.05, 0.1) is 5.02 Å². The summed E-state index contributed by atoms with van der Waals surface area (Å²) in [5.74, 6) is -0.711. The highest BCUT2D eigenvalue weighted by molar-refractivity contribution is 6.32. The summed E-state index contributed by atoms with van der Waals surface area (Å²) in [6.45, 7) is -0.570. The lowest BCUT2D eigenvalue weighted by atomic mass is 10.1. The van der Waals surface area contributed by atoms with Crippen LogP contribution in [0.15, 0.2) is 48.5 Å². The fourth-order valence-electron chi connectivity index (χ4n) is 2.29. The predicted molar refractivity (Wildman–Crippen MR) is 90.8 cm³/mol. The molecule has 0 radical (unpaired) electrons. The van der Waals surface area contributed by atoms with Crippen LogP contribution in [0.25, 0.3) is 11.1 Å². The van der Waals surface area contributed by atoms with Gasteiger partial charge in [0.2, 0.25) is 5.91 Å². The van der Waals surface area contributed by atoms with Gasteiger partial charge in [-0.3, -0.25) is 20.3 Å². The van der Waals surface area contributed by atoms with Crippen LogP contribution in [0.5, 0.6) is 5.75 Å². The summed E-state index contributed by atoms with van der Waals surface area (Å²) < 4.78 is 5.37. The number of hydrogen-bond donors (Lipinski definition) is 2. The lowest BCUT2D eigenvalue weighted by Gasteiger charge is -2.15. The number of nitrogens with one attached hydrogen (secondary N) is 2. The minimum absolute atomic E-state index is 0.225. The molecule has 2 aromatic rings. The molecule has 4 amide bonds. The molecular formula is C17H14ClN3O4. The number of ether oxygens (including phenoxy) is 1. The van der Waals surface area contributed by atoms with Gasteiger partial charge in [-0.1, -0.05) is 48.0 Å². The molecule has 1 fully saturated rings.